The highest BCUT2D eigenvalue weighted by atomic mass is 16.3. The molecule has 0 unspecified atom stereocenters. The van der Waals surface area contributed by atoms with Crippen molar-refractivity contribution >= 4 is 16.8 Å². The van der Waals surface area contributed by atoms with Gasteiger partial charge in [0.25, 0.3) is 11.5 Å². The van der Waals surface area contributed by atoms with E-state index in [9.17, 15) is 14.7 Å². The van der Waals surface area contributed by atoms with Crippen LogP contribution in [0, 0.1) is 0 Å². The number of carbonyl (C=O) groups excluding carboxylic acids is 1. The molecule has 0 atom stereocenters. The quantitative estimate of drug-likeness (QED) is 0.668. The van der Waals surface area contributed by atoms with Crippen molar-refractivity contribution in [1.29, 1.82) is 0 Å². The molecule has 0 aliphatic carbocycles. The number of hydrogen-bond acceptors (Lipinski definition) is 4. The Balaban J connectivity index is 2.03. The van der Waals surface area contributed by atoms with Gasteiger partial charge in [-0.25, -0.2) is 4.98 Å². The van der Waals surface area contributed by atoms with Crippen molar-refractivity contribution in [3.8, 4) is 5.75 Å². The molecule has 1 aromatic carbocycles. The Morgan fingerprint density at radius 3 is 2.91 bits per heavy atom. The summed E-state index contributed by atoms with van der Waals surface area (Å²) in [5.74, 6) is -0.388. The molecular formula is C15H14N4O3. The van der Waals surface area contributed by atoms with Crippen molar-refractivity contribution in [2.75, 3.05) is 0 Å². The number of nitrogens with one attached hydrogen (secondary N) is 2. The number of fused-ring (bicyclic) bond motifs is 1. The zero-order valence-corrected chi connectivity index (χ0v) is 11.8. The van der Waals surface area contributed by atoms with Crippen molar-refractivity contribution in [1.82, 2.24) is 19.9 Å². The molecule has 1 amide bonds. The molecule has 0 radical (unpaired) electrons. The fourth-order valence-electron chi connectivity index (χ4n) is 2.33. The Hall–Kier alpha value is -3.09. The number of para-hydroxylation sites is 1. The normalized spacial score (nSPS) is 10.8. The van der Waals surface area contributed by atoms with Gasteiger partial charge in [-0.2, -0.15) is 0 Å². The van der Waals surface area contributed by atoms with Gasteiger partial charge in [-0.05, 0) is 12.1 Å². The zero-order chi connectivity index (χ0) is 15.7. The summed E-state index contributed by atoms with van der Waals surface area (Å²) in [5, 5.41) is 13.3. The van der Waals surface area contributed by atoms with Gasteiger partial charge in [0, 0.05) is 24.8 Å². The maximum absolute atomic E-state index is 12.3. The predicted octanol–water partition coefficient (Wildman–Crippen LogP) is 0.897. The topological polar surface area (TPSA) is 100 Å². The third-order valence-corrected chi connectivity index (χ3v) is 3.47. The lowest BCUT2D eigenvalue weighted by atomic mass is 10.1. The molecular weight excluding hydrogens is 284 g/mol. The molecule has 22 heavy (non-hydrogen) atoms. The Bertz CT molecular complexity index is 897. The number of carbonyl (C=O) groups is 1. The molecule has 0 bridgehead atoms. The first-order valence-corrected chi connectivity index (χ1v) is 6.66. The predicted molar refractivity (Wildman–Crippen MR) is 80.6 cm³/mol. The van der Waals surface area contributed by atoms with E-state index in [-0.39, 0.29) is 17.9 Å². The summed E-state index contributed by atoms with van der Waals surface area (Å²) in [7, 11) is 1.56. The first-order valence-electron chi connectivity index (χ1n) is 6.66. The van der Waals surface area contributed by atoms with Crippen LogP contribution < -0.4 is 10.9 Å². The fourth-order valence-corrected chi connectivity index (χ4v) is 2.33. The molecule has 3 N–H and O–H groups in total. The minimum absolute atomic E-state index is 0.140. The van der Waals surface area contributed by atoms with Crippen molar-refractivity contribution in [2.45, 2.75) is 6.54 Å². The number of aromatic hydroxyl groups is 1. The van der Waals surface area contributed by atoms with Crippen molar-refractivity contribution in [3.05, 3.63) is 58.4 Å². The molecule has 3 aromatic rings. The van der Waals surface area contributed by atoms with Crippen molar-refractivity contribution in [3.63, 3.8) is 0 Å². The summed E-state index contributed by atoms with van der Waals surface area (Å²) in [5.41, 5.74) is -0.256. The van der Waals surface area contributed by atoms with Gasteiger partial charge in [0.2, 0.25) is 0 Å². The average molecular weight is 298 g/mol. The van der Waals surface area contributed by atoms with Gasteiger partial charge >= 0.3 is 0 Å². The number of aromatic amines is 1. The largest absolute Gasteiger partial charge is 0.506 e. The molecule has 0 aliphatic heterocycles. The number of hydrogen-bond donors (Lipinski definition) is 3. The molecule has 0 aliphatic rings. The molecule has 2 heterocycles. The molecule has 0 saturated carbocycles. The lowest BCUT2D eigenvalue weighted by Gasteiger charge is -2.11. The van der Waals surface area contributed by atoms with Gasteiger partial charge in [-0.15, -0.1) is 0 Å². The number of imidazole rings is 1. The minimum Gasteiger partial charge on any atom is -0.506 e. The SMILES string of the molecule is Cn1c(=O)c(C(=O)NCc2ncc[nH]2)c(O)c2ccccc21. The van der Waals surface area contributed by atoms with Crippen LogP contribution in [0.4, 0.5) is 0 Å². The monoisotopic (exact) mass is 298 g/mol. The van der Waals surface area contributed by atoms with Gasteiger partial charge < -0.3 is 20.0 Å². The van der Waals surface area contributed by atoms with Gasteiger partial charge in [-0.3, -0.25) is 9.59 Å². The van der Waals surface area contributed by atoms with Crippen LogP contribution in [-0.4, -0.2) is 25.5 Å². The average Bonchev–Trinajstić information content (AvgIpc) is 3.04. The maximum Gasteiger partial charge on any atom is 0.267 e. The van der Waals surface area contributed by atoms with Gasteiger partial charge in [-0.1, -0.05) is 12.1 Å². The van der Waals surface area contributed by atoms with Gasteiger partial charge in [0.15, 0.2) is 0 Å². The summed E-state index contributed by atoms with van der Waals surface area (Å²) in [6.07, 6.45) is 3.20. The van der Waals surface area contributed by atoms with Crippen LogP contribution in [0.5, 0.6) is 5.75 Å². The highest BCUT2D eigenvalue weighted by Crippen LogP contribution is 2.25. The number of aromatic nitrogens is 3. The summed E-state index contributed by atoms with van der Waals surface area (Å²) >= 11 is 0. The number of amides is 1. The molecule has 2 aromatic heterocycles. The maximum atomic E-state index is 12.3. The second-order valence-corrected chi connectivity index (χ2v) is 4.82. The van der Waals surface area contributed by atoms with Crippen molar-refractivity contribution < 1.29 is 9.90 Å². The van der Waals surface area contributed by atoms with E-state index in [1.807, 2.05) is 0 Å². The van der Waals surface area contributed by atoms with Gasteiger partial charge in [0.1, 0.15) is 17.1 Å². The van der Waals surface area contributed by atoms with Crippen LogP contribution in [0.25, 0.3) is 10.9 Å². The highest BCUT2D eigenvalue weighted by molar-refractivity contribution is 6.02. The zero-order valence-electron chi connectivity index (χ0n) is 11.8. The Labute approximate surface area is 125 Å². The number of aryl methyl sites for hydroxylation is 1. The van der Waals surface area contributed by atoms with Crippen LogP contribution in [0.1, 0.15) is 16.2 Å². The van der Waals surface area contributed by atoms with E-state index < -0.39 is 11.5 Å². The van der Waals surface area contributed by atoms with E-state index in [2.05, 4.69) is 15.3 Å². The fraction of sp³-hybridized carbons (Fsp3) is 0.133. The smallest absolute Gasteiger partial charge is 0.267 e. The third-order valence-electron chi connectivity index (χ3n) is 3.47. The molecule has 0 fully saturated rings. The summed E-state index contributed by atoms with van der Waals surface area (Å²) in [6.45, 7) is 0.140. The van der Waals surface area contributed by atoms with E-state index in [1.54, 1.807) is 43.7 Å². The van der Waals surface area contributed by atoms with Crippen LogP contribution in [0.3, 0.4) is 0 Å². The first-order chi connectivity index (χ1) is 10.6. The highest BCUT2D eigenvalue weighted by Gasteiger charge is 2.20. The Kier molecular flexibility index (Phi) is 3.38. The van der Waals surface area contributed by atoms with Crippen LogP contribution in [-0.2, 0) is 13.6 Å². The molecule has 0 spiro atoms. The van der Waals surface area contributed by atoms with Crippen LogP contribution in [0.2, 0.25) is 0 Å². The summed E-state index contributed by atoms with van der Waals surface area (Å²) in [4.78, 5) is 31.4. The number of pyridine rings is 1. The lowest BCUT2D eigenvalue weighted by molar-refractivity contribution is 0.0945. The van der Waals surface area contributed by atoms with E-state index >= 15 is 0 Å². The second-order valence-electron chi connectivity index (χ2n) is 4.82. The Morgan fingerprint density at radius 2 is 2.18 bits per heavy atom. The summed E-state index contributed by atoms with van der Waals surface area (Å²) < 4.78 is 1.34. The molecule has 7 nitrogen and oxygen atoms in total. The number of benzene rings is 1. The molecule has 7 heteroatoms. The standard InChI is InChI=1S/C15H14N4O3/c1-19-10-5-3-2-4-9(10)13(20)12(15(19)22)14(21)18-8-11-16-6-7-17-11/h2-7,20H,8H2,1H3,(H,16,17)(H,18,21). The van der Waals surface area contributed by atoms with E-state index in [0.29, 0.717) is 16.7 Å². The molecule has 0 saturated heterocycles. The van der Waals surface area contributed by atoms with E-state index in [0.717, 1.165) is 0 Å². The number of nitrogens with zero attached hydrogens (tertiary/aromatic N) is 2. The Morgan fingerprint density at radius 1 is 1.41 bits per heavy atom. The van der Waals surface area contributed by atoms with Gasteiger partial charge in [0.05, 0.1) is 12.1 Å². The summed E-state index contributed by atoms with van der Waals surface area (Å²) in [6, 6.07) is 6.86. The second kappa shape index (κ2) is 5.36. The van der Waals surface area contributed by atoms with Crippen LogP contribution in [0.15, 0.2) is 41.5 Å². The van der Waals surface area contributed by atoms with Crippen molar-refractivity contribution in [2.24, 2.45) is 7.05 Å². The minimum atomic E-state index is -0.639. The first kappa shape index (κ1) is 13.9. The van der Waals surface area contributed by atoms with Crippen LogP contribution >= 0.6 is 0 Å². The molecule has 112 valence electrons. The molecule has 3 rings (SSSR count). The number of rotatable bonds is 3. The lowest BCUT2D eigenvalue weighted by Crippen LogP contribution is -2.32. The third kappa shape index (κ3) is 2.22. The number of H-pyrrole nitrogens is 1. The van der Waals surface area contributed by atoms with E-state index in [1.165, 1.54) is 4.57 Å². The van der Waals surface area contributed by atoms with E-state index in [4.69, 9.17) is 0 Å².